The lowest BCUT2D eigenvalue weighted by molar-refractivity contribution is 0.128. The van der Waals surface area contributed by atoms with Gasteiger partial charge in [0.1, 0.15) is 0 Å². The summed E-state index contributed by atoms with van der Waals surface area (Å²) < 4.78 is 1.12. The Kier molecular flexibility index (Phi) is 3.11. The van der Waals surface area contributed by atoms with Gasteiger partial charge in [0.05, 0.1) is 9.89 Å². The molecule has 3 heteroatoms. The van der Waals surface area contributed by atoms with Crippen LogP contribution >= 0.6 is 27.3 Å². The summed E-state index contributed by atoms with van der Waals surface area (Å²) in [5, 5.41) is 10.2. The number of hydrogen-bond acceptors (Lipinski definition) is 2. The van der Waals surface area contributed by atoms with Crippen molar-refractivity contribution in [2.24, 2.45) is 17.8 Å². The van der Waals surface area contributed by atoms with E-state index in [9.17, 15) is 5.11 Å². The fourth-order valence-electron chi connectivity index (χ4n) is 3.58. The van der Waals surface area contributed by atoms with Crippen molar-refractivity contribution >= 4 is 27.3 Å². The van der Waals surface area contributed by atoms with Crippen LogP contribution in [0.4, 0.5) is 0 Å². The van der Waals surface area contributed by atoms with Gasteiger partial charge in [-0.25, -0.2) is 0 Å². The predicted octanol–water partition coefficient (Wildman–Crippen LogP) is 4.37. The fraction of sp³-hybridized carbons (Fsp3) is 0.692. The molecule has 3 rings (SSSR count). The van der Waals surface area contributed by atoms with Crippen LogP contribution in [0, 0.1) is 17.8 Å². The SMILES string of the molecule is OC(CC1CC2CCC1C2)c1ccc(Br)s1. The average Bonchev–Trinajstić information content (AvgIpc) is 2.92. The molecule has 0 aliphatic heterocycles. The summed E-state index contributed by atoms with van der Waals surface area (Å²) in [6.07, 6.45) is 6.41. The lowest BCUT2D eigenvalue weighted by Crippen LogP contribution is -2.13. The van der Waals surface area contributed by atoms with Crippen molar-refractivity contribution in [1.82, 2.24) is 0 Å². The maximum Gasteiger partial charge on any atom is 0.0885 e. The molecular weight excluding hydrogens is 284 g/mol. The number of aliphatic hydroxyl groups is 1. The lowest BCUT2D eigenvalue weighted by atomic mass is 9.84. The maximum absolute atomic E-state index is 10.2. The van der Waals surface area contributed by atoms with Crippen molar-refractivity contribution in [3.63, 3.8) is 0 Å². The van der Waals surface area contributed by atoms with E-state index in [-0.39, 0.29) is 6.10 Å². The Balaban J connectivity index is 1.62. The van der Waals surface area contributed by atoms with Gasteiger partial charge in [-0.15, -0.1) is 11.3 Å². The number of fused-ring (bicyclic) bond motifs is 2. The fourth-order valence-corrected chi connectivity index (χ4v) is 5.00. The molecule has 0 radical (unpaired) electrons. The van der Waals surface area contributed by atoms with Gasteiger partial charge in [0.15, 0.2) is 0 Å². The summed E-state index contributed by atoms with van der Waals surface area (Å²) in [5.41, 5.74) is 0. The van der Waals surface area contributed by atoms with Gasteiger partial charge in [-0.05, 0) is 71.5 Å². The zero-order valence-electron chi connectivity index (χ0n) is 9.23. The number of halogens is 1. The minimum atomic E-state index is -0.236. The quantitative estimate of drug-likeness (QED) is 0.879. The van der Waals surface area contributed by atoms with Crippen LogP contribution in [-0.2, 0) is 0 Å². The highest BCUT2D eigenvalue weighted by Gasteiger charge is 2.40. The monoisotopic (exact) mass is 300 g/mol. The first-order chi connectivity index (χ1) is 7.72. The molecule has 88 valence electrons. The van der Waals surface area contributed by atoms with Crippen molar-refractivity contribution < 1.29 is 5.11 Å². The predicted molar refractivity (Wildman–Crippen MR) is 70.5 cm³/mol. The number of thiophene rings is 1. The minimum absolute atomic E-state index is 0.236. The van der Waals surface area contributed by atoms with Crippen LogP contribution in [0.3, 0.4) is 0 Å². The molecular formula is C13H17BrOS. The summed E-state index contributed by atoms with van der Waals surface area (Å²) >= 11 is 5.12. The van der Waals surface area contributed by atoms with Gasteiger partial charge in [-0.3, -0.25) is 0 Å². The van der Waals surface area contributed by atoms with Crippen molar-refractivity contribution in [1.29, 1.82) is 0 Å². The van der Waals surface area contributed by atoms with Crippen molar-refractivity contribution in [2.45, 2.75) is 38.2 Å². The van der Waals surface area contributed by atoms with Crippen molar-refractivity contribution in [2.75, 3.05) is 0 Å². The normalized spacial score (nSPS) is 34.5. The van der Waals surface area contributed by atoms with Crippen LogP contribution in [0.2, 0.25) is 0 Å². The molecule has 0 amide bonds. The molecule has 1 nitrogen and oxygen atoms in total. The standard InChI is InChI=1S/C13H17BrOS/c14-13-4-3-12(16-13)11(15)7-10-6-8-1-2-9(10)5-8/h3-4,8-11,15H,1-2,5-7H2. The Labute approximate surface area is 109 Å². The molecule has 0 aromatic carbocycles. The van der Waals surface area contributed by atoms with Crippen LogP contribution < -0.4 is 0 Å². The smallest absolute Gasteiger partial charge is 0.0885 e. The number of rotatable bonds is 3. The van der Waals surface area contributed by atoms with Gasteiger partial charge < -0.3 is 5.11 Å². The third kappa shape index (κ3) is 2.09. The van der Waals surface area contributed by atoms with E-state index in [1.807, 2.05) is 12.1 Å². The molecule has 16 heavy (non-hydrogen) atoms. The summed E-state index contributed by atoms with van der Waals surface area (Å²) in [6, 6.07) is 4.08. The molecule has 1 aromatic rings. The van der Waals surface area contributed by atoms with E-state index in [0.717, 1.165) is 32.8 Å². The largest absolute Gasteiger partial charge is 0.388 e. The third-order valence-corrected chi connectivity index (χ3v) is 6.06. The Morgan fingerprint density at radius 1 is 1.38 bits per heavy atom. The minimum Gasteiger partial charge on any atom is -0.388 e. The van der Waals surface area contributed by atoms with Crippen LogP contribution in [0.1, 0.15) is 43.1 Å². The van der Waals surface area contributed by atoms with Crippen LogP contribution in [0.15, 0.2) is 15.9 Å². The number of aliphatic hydroxyl groups excluding tert-OH is 1. The molecule has 0 saturated heterocycles. The summed E-state index contributed by atoms with van der Waals surface area (Å²) in [6.45, 7) is 0. The molecule has 2 bridgehead atoms. The van der Waals surface area contributed by atoms with Crippen LogP contribution in [0.5, 0.6) is 0 Å². The summed E-state index contributed by atoms with van der Waals surface area (Å²) in [7, 11) is 0. The lowest BCUT2D eigenvalue weighted by Gasteiger charge is -2.23. The average molecular weight is 301 g/mol. The Morgan fingerprint density at radius 2 is 2.25 bits per heavy atom. The molecule has 2 aliphatic carbocycles. The second kappa shape index (κ2) is 4.43. The molecule has 1 heterocycles. The van der Waals surface area contributed by atoms with Gasteiger partial charge in [-0.2, -0.15) is 0 Å². The first-order valence-electron chi connectivity index (χ1n) is 6.15. The summed E-state index contributed by atoms with van der Waals surface area (Å²) in [5.74, 6) is 2.69. The number of hydrogen-bond donors (Lipinski definition) is 1. The third-order valence-electron chi connectivity index (χ3n) is 4.33. The molecule has 1 aromatic heterocycles. The van der Waals surface area contributed by atoms with Gasteiger partial charge in [0.2, 0.25) is 0 Å². The van der Waals surface area contributed by atoms with Gasteiger partial charge >= 0.3 is 0 Å². The first-order valence-corrected chi connectivity index (χ1v) is 7.76. The highest BCUT2D eigenvalue weighted by Crippen LogP contribution is 2.51. The Bertz CT molecular complexity index is 376. The zero-order valence-corrected chi connectivity index (χ0v) is 11.6. The van der Waals surface area contributed by atoms with E-state index in [0.29, 0.717) is 0 Å². The van der Waals surface area contributed by atoms with Gasteiger partial charge in [0.25, 0.3) is 0 Å². The molecule has 4 atom stereocenters. The van der Waals surface area contributed by atoms with Gasteiger partial charge in [0, 0.05) is 4.88 Å². The summed E-state index contributed by atoms with van der Waals surface area (Å²) in [4.78, 5) is 1.12. The molecule has 2 aliphatic rings. The van der Waals surface area contributed by atoms with Crippen LogP contribution in [0.25, 0.3) is 0 Å². The maximum atomic E-state index is 10.2. The molecule has 1 N–H and O–H groups in total. The molecule has 2 fully saturated rings. The molecule has 2 saturated carbocycles. The van der Waals surface area contributed by atoms with Crippen molar-refractivity contribution in [3.8, 4) is 0 Å². The highest BCUT2D eigenvalue weighted by molar-refractivity contribution is 9.11. The highest BCUT2D eigenvalue weighted by atomic mass is 79.9. The topological polar surface area (TPSA) is 20.2 Å². The zero-order chi connectivity index (χ0) is 11.1. The first kappa shape index (κ1) is 11.2. The van der Waals surface area contributed by atoms with E-state index in [1.165, 1.54) is 25.7 Å². The second-order valence-electron chi connectivity index (χ2n) is 5.33. The van der Waals surface area contributed by atoms with E-state index in [4.69, 9.17) is 0 Å². The Hall–Kier alpha value is 0.140. The van der Waals surface area contributed by atoms with Gasteiger partial charge in [-0.1, -0.05) is 6.42 Å². The molecule has 4 unspecified atom stereocenters. The van der Waals surface area contributed by atoms with E-state index >= 15 is 0 Å². The molecule has 0 spiro atoms. The van der Waals surface area contributed by atoms with E-state index in [2.05, 4.69) is 15.9 Å². The van der Waals surface area contributed by atoms with E-state index in [1.54, 1.807) is 11.3 Å². The van der Waals surface area contributed by atoms with Crippen molar-refractivity contribution in [3.05, 3.63) is 20.8 Å². The van der Waals surface area contributed by atoms with E-state index < -0.39 is 0 Å². The second-order valence-corrected chi connectivity index (χ2v) is 7.82. The Morgan fingerprint density at radius 3 is 2.81 bits per heavy atom. The van der Waals surface area contributed by atoms with Crippen LogP contribution in [-0.4, -0.2) is 5.11 Å².